The molecule has 0 saturated carbocycles. The monoisotopic (exact) mass is 457 g/mol. The number of amides is 1. The van der Waals surface area contributed by atoms with Gasteiger partial charge in [0.25, 0.3) is 0 Å². The molecule has 1 fully saturated rings. The third kappa shape index (κ3) is 5.11. The van der Waals surface area contributed by atoms with E-state index in [4.69, 9.17) is 9.15 Å². The fourth-order valence-corrected chi connectivity index (χ4v) is 4.89. The summed E-state index contributed by atoms with van der Waals surface area (Å²) in [5.74, 6) is 1.46. The second kappa shape index (κ2) is 9.70. The van der Waals surface area contributed by atoms with Crippen molar-refractivity contribution in [2.75, 3.05) is 26.2 Å². The van der Waals surface area contributed by atoms with Gasteiger partial charge in [-0.15, -0.1) is 0 Å². The lowest BCUT2D eigenvalue weighted by atomic mass is 9.96. The SMILES string of the molecule is CCOc1ccc(S(=O)(=O)NCCC(=O)N2CCC(c3nc4ccccc4o3)CC2)cc1. The number of aromatic nitrogens is 1. The second-order valence-corrected chi connectivity index (χ2v) is 9.49. The first-order valence-corrected chi connectivity index (χ1v) is 12.3. The summed E-state index contributed by atoms with van der Waals surface area (Å²) >= 11 is 0. The number of sulfonamides is 1. The maximum atomic E-state index is 12.6. The number of carbonyl (C=O) groups excluding carboxylic acids is 1. The predicted octanol–water partition coefficient (Wildman–Crippen LogP) is 3.30. The van der Waals surface area contributed by atoms with Crippen LogP contribution in [0.1, 0.15) is 38.0 Å². The highest BCUT2D eigenvalue weighted by molar-refractivity contribution is 7.89. The van der Waals surface area contributed by atoms with E-state index < -0.39 is 10.0 Å². The lowest BCUT2D eigenvalue weighted by molar-refractivity contribution is -0.132. The number of hydrogen-bond acceptors (Lipinski definition) is 6. The molecule has 1 saturated heterocycles. The molecule has 1 aromatic heterocycles. The number of ether oxygens (including phenoxy) is 1. The summed E-state index contributed by atoms with van der Waals surface area (Å²) in [6, 6.07) is 13.9. The van der Waals surface area contributed by atoms with Gasteiger partial charge in [0.1, 0.15) is 11.3 Å². The first-order chi connectivity index (χ1) is 15.5. The average molecular weight is 458 g/mol. The molecule has 9 heteroatoms. The molecular weight excluding hydrogens is 430 g/mol. The zero-order valence-corrected chi connectivity index (χ0v) is 18.8. The van der Waals surface area contributed by atoms with E-state index in [2.05, 4.69) is 9.71 Å². The van der Waals surface area contributed by atoms with Gasteiger partial charge >= 0.3 is 0 Å². The topological polar surface area (TPSA) is 102 Å². The highest BCUT2D eigenvalue weighted by Crippen LogP contribution is 2.30. The molecule has 8 nitrogen and oxygen atoms in total. The highest BCUT2D eigenvalue weighted by atomic mass is 32.2. The molecule has 1 amide bonds. The van der Waals surface area contributed by atoms with Gasteiger partial charge in [-0.1, -0.05) is 12.1 Å². The Morgan fingerprint density at radius 3 is 2.56 bits per heavy atom. The minimum atomic E-state index is -3.67. The summed E-state index contributed by atoms with van der Waals surface area (Å²) in [4.78, 5) is 19.1. The van der Waals surface area contributed by atoms with Crippen LogP contribution in [-0.2, 0) is 14.8 Å². The Morgan fingerprint density at radius 2 is 1.88 bits per heavy atom. The van der Waals surface area contributed by atoms with Gasteiger partial charge in [0.05, 0.1) is 11.5 Å². The number of nitrogens with zero attached hydrogens (tertiary/aromatic N) is 2. The Balaban J connectivity index is 1.25. The van der Waals surface area contributed by atoms with Crippen molar-refractivity contribution in [1.29, 1.82) is 0 Å². The van der Waals surface area contributed by atoms with Crippen molar-refractivity contribution in [1.82, 2.24) is 14.6 Å². The molecule has 2 aromatic carbocycles. The van der Waals surface area contributed by atoms with E-state index >= 15 is 0 Å². The van der Waals surface area contributed by atoms with Crippen LogP contribution in [0.3, 0.4) is 0 Å². The normalized spacial score (nSPS) is 15.2. The Morgan fingerprint density at radius 1 is 1.16 bits per heavy atom. The fourth-order valence-electron chi connectivity index (χ4n) is 3.86. The van der Waals surface area contributed by atoms with Crippen molar-refractivity contribution in [2.45, 2.75) is 37.0 Å². The molecule has 32 heavy (non-hydrogen) atoms. The van der Waals surface area contributed by atoms with Crippen LogP contribution in [0, 0.1) is 0 Å². The number of rotatable bonds is 8. The summed E-state index contributed by atoms with van der Waals surface area (Å²) in [5, 5.41) is 0. The molecule has 0 atom stereocenters. The van der Waals surface area contributed by atoms with E-state index in [-0.39, 0.29) is 29.7 Å². The quantitative estimate of drug-likeness (QED) is 0.557. The molecule has 0 radical (unpaired) electrons. The van der Waals surface area contributed by atoms with Gasteiger partial charge in [0.15, 0.2) is 11.5 Å². The van der Waals surface area contributed by atoms with Gasteiger partial charge in [-0.25, -0.2) is 18.1 Å². The number of carbonyl (C=O) groups is 1. The van der Waals surface area contributed by atoms with Crippen LogP contribution in [0.25, 0.3) is 11.1 Å². The van der Waals surface area contributed by atoms with Crippen LogP contribution >= 0.6 is 0 Å². The highest BCUT2D eigenvalue weighted by Gasteiger charge is 2.27. The van der Waals surface area contributed by atoms with E-state index in [1.54, 1.807) is 17.0 Å². The van der Waals surface area contributed by atoms with Crippen molar-refractivity contribution in [2.24, 2.45) is 0 Å². The van der Waals surface area contributed by atoms with Crippen LogP contribution in [0.2, 0.25) is 0 Å². The van der Waals surface area contributed by atoms with E-state index in [0.29, 0.717) is 25.4 Å². The molecule has 1 N–H and O–H groups in total. The van der Waals surface area contributed by atoms with Crippen LogP contribution in [0.4, 0.5) is 0 Å². The van der Waals surface area contributed by atoms with Crippen molar-refractivity contribution in [3.05, 3.63) is 54.4 Å². The van der Waals surface area contributed by atoms with Gasteiger partial charge < -0.3 is 14.1 Å². The van der Waals surface area contributed by atoms with Crippen molar-refractivity contribution < 1.29 is 22.4 Å². The number of benzene rings is 2. The Bertz CT molecular complexity index is 1130. The van der Waals surface area contributed by atoms with Crippen molar-refractivity contribution in [3.63, 3.8) is 0 Å². The summed E-state index contributed by atoms with van der Waals surface area (Å²) in [5.41, 5.74) is 1.63. The third-order valence-corrected chi connectivity index (χ3v) is 7.06. The number of nitrogens with one attached hydrogen (secondary N) is 1. The van der Waals surface area contributed by atoms with Gasteiger partial charge in [-0.05, 0) is 56.2 Å². The molecule has 0 spiro atoms. The largest absolute Gasteiger partial charge is 0.494 e. The molecule has 0 aliphatic carbocycles. The molecule has 1 aliphatic heterocycles. The molecule has 2 heterocycles. The van der Waals surface area contributed by atoms with Gasteiger partial charge in [-0.3, -0.25) is 4.79 Å². The molecular formula is C23H27N3O5S. The first-order valence-electron chi connectivity index (χ1n) is 10.8. The van der Waals surface area contributed by atoms with Gasteiger partial charge in [0, 0.05) is 32.0 Å². The average Bonchev–Trinajstić information content (AvgIpc) is 3.24. The zero-order valence-electron chi connectivity index (χ0n) is 18.0. The van der Waals surface area contributed by atoms with Crippen molar-refractivity contribution >= 4 is 27.0 Å². The molecule has 4 rings (SSSR count). The lowest BCUT2D eigenvalue weighted by Gasteiger charge is -2.30. The Labute approximate surface area is 187 Å². The van der Waals surface area contributed by atoms with E-state index in [1.807, 2.05) is 31.2 Å². The van der Waals surface area contributed by atoms with Crippen LogP contribution in [0.15, 0.2) is 57.8 Å². The molecule has 0 bridgehead atoms. The molecule has 3 aromatic rings. The van der Waals surface area contributed by atoms with Gasteiger partial charge in [-0.2, -0.15) is 0 Å². The Hall–Kier alpha value is -2.91. The maximum absolute atomic E-state index is 12.6. The van der Waals surface area contributed by atoms with Crippen LogP contribution < -0.4 is 9.46 Å². The predicted molar refractivity (Wildman–Crippen MR) is 120 cm³/mol. The van der Waals surface area contributed by atoms with Gasteiger partial charge in [0.2, 0.25) is 15.9 Å². The molecule has 0 unspecified atom stereocenters. The summed E-state index contributed by atoms with van der Waals surface area (Å²) in [6.45, 7) is 3.64. The minimum absolute atomic E-state index is 0.0550. The third-order valence-electron chi connectivity index (χ3n) is 5.58. The number of fused-ring (bicyclic) bond motifs is 1. The van der Waals surface area contributed by atoms with Crippen LogP contribution in [-0.4, -0.2) is 50.5 Å². The maximum Gasteiger partial charge on any atom is 0.240 e. The summed E-state index contributed by atoms with van der Waals surface area (Å²) < 4.78 is 38.6. The lowest BCUT2D eigenvalue weighted by Crippen LogP contribution is -2.39. The number of piperidine rings is 1. The van der Waals surface area contributed by atoms with E-state index in [1.165, 1.54) is 12.1 Å². The number of oxazole rings is 1. The number of hydrogen-bond donors (Lipinski definition) is 1. The van der Waals surface area contributed by atoms with E-state index in [0.717, 1.165) is 29.8 Å². The minimum Gasteiger partial charge on any atom is -0.494 e. The van der Waals surface area contributed by atoms with E-state index in [9.17, 15) is 13.2 Å². The number of likely N-dealkylation sites (tertiary alicyclic amines) is 1. The first kappa shape index (κ1) is 22.3. The molecule has 1 aliphatic rings. The smallest absolute Gasteiger partial charge is 0.240 e. The fraction of sp³-hybridized carbons (Fsp3) is 0.391. The standard InChI is InChI=1S/C23H27N3O5S/c1-2-30-18-7-9-19(10-8-18)32(28,29)24-14-11-22(27)26-15-12-17(13-16-26)23-25-20-5-3-4-6-21(20)31-23/h3-10,17,24H,2,11-16H2,1H3. The van der Waals surface area contributed by atoms with Crippen LogP contribution in [0.5, 0.6) is 5.75 Å². The molecule has 170 valence electrons. The summed E-state index contributed by atoms with van der Waals surface area (Å²) in [7, 11) is -3.67. The Kier molecular flexibility index (Phi) is 6.76. The summed E-state index contributed by atoms with van der Waals surface area (Å²) in [6.07, 6.45) is 1.66. The number of para-hydroxylation sites is 2. The van der Waals surface area contributed by atoms with Crippen molar-refractivity contribution in [3.8, 4) is 5.75 Å². The second-order valence-electron chi connectivity index (χ2n) is 7.73. The zero-order chi connectivity index (χ0) is 22.6.